The lowest BCUT2D eigenvalue weighted by Crippen LogP contribution is -2.15. The van der Waals surface area contributed by atoms with Crippen molar-refractivity contribution in [3.8, 4) is 23.0 Å². The van der Waals surface area contributed by atoms with Crippen LogP contribution in [0, 0.1) is 20.2 Å². The third-order valence-electron chi connectivity index (χ3n) is 7.80. The number of carbonyl (C=O) groups excluding carboxylic acids is 2. The molecule has 0 aliphatic carbocycles. The Bertz CT molecular complexity index is 1940. The lowest BCUT2D eigenvalue weighted by Gasteiger charge is -2.13. The van der Waals surface area contributed by atoms with Crippen molar-refractivity contribution < 1.29 is 46.8 Å². The van der Waals surface area contributed by atoms with Crippen LogP contribution in [-0.4, -0.2) is 57.5 Å². The van der Waals surface area contributed by atoms with Crippen LogP contribution in [-0.2, 0) is 9.84 Å². The first-order valence-corrected chi connectivity index (χ1v) is 17.9. The summed E-state index contributed by atoms with van der Waals surface area (Å²) >= 11 is 0. The smallest absolute Gasteiger partial charge is 0.286 e. The fraction of sp³-hybridized carbons (Fsp3) is 0.278. The van der Waals surface area contributed by atoms with Crippen molar-refractivity contribution in [2.45, 2.75) is 49.3 Å². The summed E-state index contributed by atoms with van der Waals surface area (Å²) in [6.07, 6.45) is 3.11. The summed E-state index contributed by atoms with van der Waals surface area (Å²) in [5, 5.41) is 28.7. The van der Waals surface area contributed by atoms with Crippen molar-refractivity contribution in [3.05, 3.63) is 104 Å². The molecule has 0 radical (unpaired) electrons. The fourth-order valence-corrected chi connectivity index (χ4v) is 6.19. The number of unbranched alkanes of at least 4 members (excludes halogenated alkanes) is 2. The first-order valence-electron chi connectivity index (χ1n) is 16.4. The van der Waals surface area contributed by atoms with Gasteiger partial charge in [0.25, 0.3) is 23.2 Å². The summed E-state index contributed by atoms with van der Waals surface area (Å²) in [6.45, 7) is 4.53. The van der Waals surface area contributed by atoms with Crippen molar-refractivity contribution in [2.75, 3.05) is 38.1 Å². The summed E-state index contributed by atoms with van der Waals surface area (Å²) in [5.41, 5.74) is -1.26. The van der Waals surface area contributed by atoms with E-state index in [0.717, 1.165) is 25.0 Å². The molecule has 0 spiro atoms. The van der Waals surface area contributed by atoms with Gasteiger partial charge in [-0.1, -0.05) is 26.7 Å². The number of nitro groups is 2. The van der Waals surface area contributed by atoms with Gasteiger partial charge >= 0.3 is 0 Å². The molecule has 17 heteroatoms. The molecule has 0 saturated carbocycles. The Kier molecular flexibility index (Phi) is 13.3. The maximum atomic E-state index is 13.4. The second-order valence-electron chi connectivity index (χ2n) is 11.4. The molecule has 4 aromatic rings. The SMILES string of the molecule is CCCCOc1cc([N+](=O)[O-])c(C(=O)Nc2ccc(S(=O)(=O)c3ccc(NC(=O)c4cc(OC)c(OCCCC)cc4[N+](=O)[O-])cc3)cc2)cc1OC. The Morgan fingerprint density at radius 2 is 0.981 bits per heavy atom. The molecule has 0 saturated heterocycles. The normalized spacial score (nSPS) is 10.9. The van der Waals surface area contributed by atoms with Crippen LogP contribution < -0.4 is 29.6 Å². The van der Waals surface area contributed by atoms with Gasteiger partial charge in [0, 0.05) is 23.5 Å². The summed E-state index contributed by atoms with van der Waals surface area (Å²) in [4.78, 5) is 48.2. The van der Waals surface area contributed by atoms with Crippen LogP contribution in [0.25, 0.3) is 0 Å². The number of nitro benzene ring substituents is 2. The first kappa shape index (κ1) is 39.6. The van der Waals surface area contributed by atoms with Gasteiger partial charge in [-0.3, -0.25) is 29.8 Å². The van der Waals surface area contributed by atoms with Crippen LogP contribution in [0.5, 0.6) is 23.0 Å². The third kappa shape index (κ3) is 9.56. The summed E-state index contributed by atoms with van der Waals surface area (Å²) < 4.78 is 48.6. The van der Waals surface area contributed by atoms with Crippen LogP contribution in [0.15, 0.2) is 82.6 Å². The minimum Gasteiger partial charge on any atom is -0.493 e. The number of hydrogen-bond acceptors (Lipinski definition) is 12. The van der Waals surface area contributed by atoms with E-state index in [9.17, 15) is 38.2 Å². The van der Waals surface area contributed by atoms with Crippen molar-refractivity contribution in [2.24, 2.45) is 0 Å². The average molecular weight is 751 g/mol. The molecule has 16 nitrogen and oxygen atoms in total. The number of amides is 2. The number of anilines is 2. The van der Waals surface area contributed by atoms with Gasteiger partial charge in [0.05, 0.1) is 59.2 Å². The van der Waals surface area contributed by atoms with Gasteiger partial charge in [-0.15, -0.1) is 0 Å². The highest BCUT2D eigenvalue weighted by molar-refractivity contribution is 7.91. The lowest BCUT2D eigenvalue weighted by atomic mass is 10.1. The quantitative estimate of drug-likeness (QED) is 0.0586. The lowest BCUT2D eigenvalue weighted by molar-refractivity contribution is -0.385. The molecule has 0 aromatic heterocycles. The predicted molar refractivity (Wildman–Crippen MR) is 194 cm³/mol. The minimum absolute atomic E-state index is 0.122. The number of ether oxygens (including phenoxy) is 4. The third-order valence-corrected chi connectivity index (χ3v) is 9.59. The van der Waals surface area contributed by atoms with Crippen LogP contribution in [0.3, 0.4) is 0 Å². The van der Waals surface area contributed by atoms with E-state index in [4.69, 9.17) is 18.9 Å². The van der Waals surface area contributed by atoms with Gasteiger partial charge in [-0.25, -0.2) is 8.42 Å². The predicted octanol–water partition coefficient (Wildman–Crippen LogP) is 7.22. The molecule has 2 amide bonds. The second kappa shape index (κ2) is 17.8. The van der Waals surface area contributed by atoms with E-state index in [1.54, 1.807) is 0 Å². The Morgan fingerprint density at radius 1 is 0.623 bits per heavy atom. The maximum Gasteiger partial charge on any atom is 0.286 e. The molecule has 2 N–H and O–H groups in total. The highest BCUT2D eigenvalue weighted by atomic mass is 32.2. The van der Waals surface area contributed by atoms with Crippen molar-refractivity contribution in [3.63, 3.8) is 0 Å². The van der Waals surface area contributed by atoms with E-state index in [1.807, 2.05) is 13.8 Å². The number of sulfone groups is 1. The maximum absolute atomic E-state index is 13.4. The van der Waals surface area contributed by atoms with Crippen LogP contribution >= 0.6 is 0 Å². The van der Waals surface area contributed by atoms with Crippen molar-refractivity contribution in [1.82, 2.24) is 0 Å². The molecule has 53 heavy (non-hydrogen) atoms. The zero-order valence-electron chi connectivity index (χ0n) is 29.4. The first-order chi connectivity index (χ1) is 25.3. The molecule has 0 unspecified atom stereocenters. The van der Waals surface area contributed by atoms with E-state index in [0.29, 0.717) is 26.1 Å². The number of nitrogens with zero attached hydrogens (tertiary/aromatic N) is 2. The topological polar surface area (TPSA) is 216 Å². The minimum atomic E-state index is -4.08. The largest absolute Gasteiger partial charge is 0.493 e. The van der Waals surface area contributed by atoms with Gasteiger partial charge in [0.1, 0.15) is 11.1 Å². The Morgan fingerprint density at radius 3 is 1.28 bits per heavy atom. The van der Waals surface area contributed by atoms with Crippen LogP contribution in [0.1, 0.15) is 60.2 Å². The Balaban J connectivity index is 1.49. The summed E-state index contributed by atoms with van der Waals surface area (Å²) in [6, 6.07) is 15.0. The molecular weight excluding hydrogens is 712 g/mol. The molecule has 0 fully saturated rings. The zero-order valence-corrected chi connectivity index (χ0v) is 30.2. The summed E-state index contributed by atoms with van der Waals surface area (Å²) in [7, 11) is -1.40. The van der Waals surface area contributed by atoms with Gasteiger partial charge < -0.3 is 29.6 Å². The number of nitrogens with one attached hydrogen (secondary N) is 2. The van der Waals surface area contributed by atoms with Gasteiger partial charge in [-0.2, -0.15) is 0 Å². The number of benzene rings is 4. The van der Waals surface area contributed by atoms with Crippen LogP contribution in [0.2, 0.25) is 0 Å². The van der Waals surface area contributed by atoms with Gasteiger partial charge in [0.2, 0.25) is 9.84 Å². The van der Waals surface area contributed by atoms with E-state index < -0.39 is 42.9 Å². The highest BCUT2D eigenvalue weighted by Crippen LogP contribution is 2.37. The molecule has 0 aliphatic rings. The van der Waals surface area contributed by atoms with E-state index in [2.05, 4.69) is 10.6 Å². The Labute approximate surface area is 305 Å². The number of rotatable bonds is 18. The average Bonchev–Trinajstić information content (AvgIpc) is 3.14. The van der Waals surface area contributed by atoms with E-state index in [1.165, 1.54) is 74.9 Å². The van der Waals surface area contributed by atoms with Crippen molar-refractivity contribution >= 4 is 44.4 Å². The van der Waals surface area contributed by atoms with Crippen LogP contribution in [0.4, 0.5) is 22.7 Å². The summed E-state index contributed by atoms with van der Waals surface area (Å²) in [5.74, 6) is -1.15. The number of carbonyl (C=O) groups is 2. The fourth-order valence-electron chi connectivity index (χ4n) is 4.93. The van der Waals surface area contributed by atoms with Gasteiger partial charge in [0.15, 0.2) is 23.0 Å². The molecule has 0 heterocycles. The standard InChI is InChI=1S/C36H38N4O12S/c1-5-7-17-51-33-21-29(39(43)44)27(19-31(33)49-3)35(41)37-23-9-13-25(14-10-23)53(47,48)26-15-11-24(12-16-26)38-36(42)28-20-32(50-4)34(52-18-8-6-2)22-30(28)40(45)46/h9-16,19-22H,5-8,17-18H2,1-4H3,(H,37,41)(H,38,42). The molecule has 4 aromatic carbocycles. The number of methoxy groups -OCH3 is 2. The molecule has 0 atom stereocenters. The zero-order chi connectivity index (χ0) is 38.7. The van der Waals surface area contributed by atoms with E-state index >= 15 is 0 Å². The highest BCUT2D eigenvalue weighted by Gasteiger charge is 2.27. The molecular formula is C36H38N4O12S. The molecule has 0 aliphatic heterocycles. The molecule has 4 rings (SSSR count). The second-order valence-corrected chi connectivity index (χ2v) is 13.4. The van der Waals surface area contributed by atoms with Crippen molar-refractivity contribution in [1.29, 1.82) is 0 Å². The number of hydrogen-bond donors (Lipinski definition) is 2. The molecule has 280 valence electrons. The Hall–Kier alpha value is -6.23. The van der Waals surface area contributed by atoms with E-state index in [-0.39, 0.29) is 55.3 Å². The monoisotopic (exact) mass is 750 g/mol. The molecule has 0 bridgehead atoms. The van der Waals surface area contributed by atoms with Gasteiger partial charge in [-0.05, 0) is 61.4 Å².